The number of aliphatic hydroxyl groups is 1. The molecule has 13 heavy (non-hydrogen) atoms. The summed E-state index contributed by atoms with van der Waals surface area (Å²) in [7, 11) is 1.57. The van der Waals surface area contributed by atoms with Gasteiger partial charge in [-0.2, -0.15) is 0 Å². The van der Waals surface area contributed by atoms with E-state index in [-0.39, 0.29) is 5.75 Å². The van der Waals surface area contributed by atoms with E-state index in [1.807, 2.05) is 0 Å². The first-order valence-corrected chi connectivity index (χ1v) is 4.17. The summed E-state index contributed by atoms with van der Waals surface area (Å²) in [6.45, 7) is 1.68. The van der Waals surface area contributed by atoms with Crippen LogP contribution in [-0.4, -0.2) is 23.4 Å². The Morgan fingerprint density at radius 1 is 1.46 bits per heavy atom. The van der Waals surface area contributed by atoms with E-state index in [1.54, 1.807) is 32.2 Å². The monoisotopic (exact) mass is 182 g/mol. The van der Waals surface area contributed by atoms with Gasteiger partial charge in [-0.1, -0.05) is 0 Å². The van der Waals surface area contributed by atoms with Crippen molar-refractivity contribution in [2.75, 3.05) is 7.11 Å². The highest BCUT2D eigenvalue weighted by atomic mass is 16.5. The average molecular weight is 182 g/mol. The lowest BCUT2D eigenvalue weighted by molar-refractivity contribution is 0.194. The Hall–Kier alpha value is -1.22. The second kappa shape index (κ2) is 4.14. The van der Waals surface area contributed by atoms with Crippen molar-refractivity contribution in [3.05, 3.63) is 23.8 Å². The van der Waals surface area contributed by atoms with Crippen molar-refractivity contribution in [3.63, 3.8) is 0 Å². The maximum Gasteiger partial charge on any atom is 0.119 e. The summed E-state index contributed by atoms with van der Waals surface area (Å²) in [4.78, 5) is 0. The van der Waals surface area contributed by atoms with Crippen LogP contribution in [0.4, 0.5) is 0 Å². The third-order valence-electron chi connectivity index (χ3n) is 1.80. The molecule has 1 aromatic rings. The number of rotatable bonds is 3. The van der Waals surface area contributed by atoms with Crippen LogP contribution in [0.3, 0.4) is 0 Å². The molecule has 0 heterocycles. The molecule has 72 valence electrons. The zero-order chi connectivity index (χ0) is 9.84. The zero-order valence-corrected chi connectivity index (χ0v) is 7.82. The second-order valence-corrected chi connectivity index (χ2v) is 3.05. The first-order valence-electron chi connectivity index (χ1n) is 4.17. The minimum atomic E-state index is -0.460. The van der Waals surface area contributed by atoms with E-state index in [9.17, 15) is 5.11 Å². The highest BCUT2D eigenvalue weighted by Gasteiger charge is 2.05. The largest absolute Gasteiger partial charge is 0.508 e. The third kappa shape index (κ3) is 2.63. The molecular formula is C10H14O3. The van der Waals surface area contributed by atoms with Crippen molar-refractivity contribution in [1.82, 2.24) is 0 Å². The molecule has 3 heteroatoms. The number of aromatic hydroxyl groups is 1. The Kier molecular flexibility index (Phi) is 3.14. The molecule has 1 atom stereocenters. The predicted molar refractivity (Wildman–Crippen MR) is 50.0 cm³/mol. The van der Waals surface area contributed by atoms with Crippen LogP contribution in [0, 0.1) is 0 Å². The van der Waals surface area contributed by atoms with Gasteiger partial charge >= 0.3 is 0 Å². The van der Waals surface area contributed by atoms with Gasteiger partial charge in [-0.15, -0.1) is 0 Å². The maximum atomic E-state index is 9.41. The van der Waals surface area contributed by atoms with Gasteiger partial charge in [0.15, 0.2) is 0 Å². The molecule has 0 aliphatic heterocycles. The summed E-state index contributed by atoms with van der Waals surface area (Å²) >= 11 is 0. The Labute approximate surface area is 77.6 Å². The lowest BCUT2D eigenvalue weighted by Gasteiger charge is -2.08. The normalized spacial score (nSPS) is 12.5. The van der Waals surface area contributed by atoms with Crippen LogP contribution < -0.4 is 4.74 Å². The highest BCUT2D eigenvalue weighted by molar-refractivity contribution is 5.39. The van der Waals surface area contributed by atoms with E-state index < -0.39 is 6.10 Å². The molecule has 0 aliphatic rings. The molecule has 0 radical (unpaired) electrons. The summed E-state index contributed by atoms with van der Waals surface area (Å²) in [6, 6.07) is 4.97. The van der Waals surface area contributed by atoms with Crippen molar-refractivity contribution in [3.8, 4) is 11.5 Å². The van der Waals surface area contributed by atoms with Crippen LogP contribution in [0.25, 0.3) is 0 Å². The fourth-order valence-corrected chi connectivity index (χ4v) is 1.17. The summed E-state index contributed by atoms with van der Waals surface area (Å²) in [5.74, 6) is 0.884. The number of methoxy groups -OCH3 is 1. The van der Waals surface area contributed by atoms with Gasteiger partial charge in [0.25, 0.3) is 0 Å². The molecular weight excluding hydrogens is 168 g/mol. The maximum absolute atomic E-state index is 9.41. The molecule has 3 nitrogen and oxygen atoms in total. The van der Waals surface area contributed by atoms with Crippen LogP contribution in [0.15, 0.2) is 18.2 Å². The summed E-state index contributed by atoms with van der Waals surface area (Å²) in [5.41, 5.74) is 0.703. The van der Waals surface area contributed by atoms with Crippen LogP contribution in [-0.2, 0) is 6.42 Å². The van der Waals surface area contributed by atoms with Gasteiger partial charge in [-0.25, -0.2) is 0 Å². The van der Waals surface area contributed by atoms with Crippen molar-refractivity contribution in [2.45, 2.75) is 19.4 Å². The number of benzene rings is 1. The van der Waals surface area contributed by atoms with Crippen LogP contribution in [0.5, 0.6) is 11.5 Å². The molecule has 0 amide bonds. The number of aliphatic hydroxyl groups excluding tert-OH is 1. The fourth-order valence-electron chi connectivity index (χ4n) is 1.17. The van der Waals surface area contributed by atoms with Gasteiger partial charge in [0.1, 0.15) is 11.5 Å². The summed E-state index contributed by atoms with van der Waals surface area (Å²) in [5, 5.41) is 18.6. The molecule has 0 saturated heterocycles. The smallest absolute Gasteiger partial charge is 0.119 e. The Morgan fingerprint density at radius 2 is 2.15 bits per heavy atom. The van der Waals surface area contributed by atoms with E-state index in [4.69, 9.17) is 9.84 Å². The SMILES string of the molecule is COc1ccc(O)c(C[C@@H](C)O)c1. The standard InChI is InChI=1S/C10H14O3/c1-7(11)5-8-6-9(13-2)3-4-10(8)12/h3-4,6-7,11-12H,5H2,1-2H3/t7-/m1/s1. The Balaban J connectivity index is 2.90. The van der Waals surface area contributed by atoms with Gasteiger partial charge in [-0.3, -0.25) is 0 Å². The molecule has 0 aliphatic carbocycles. The van der Waals surface area contributed by atoms with Crippen molar-refractivity contribution in [1.29, 1.82) is 0 Å². The molecule has 0 bridgehead atoms. The number of hydrogen-bond donors (Lipinski definition) is 2. The predicted octanol–water partition coefficient (Wildman–Crippen LogP) is 1.32. The molecule has 0 spiro atoms. The summed E-state index contributed by atoms with van der Waals surface area (Å²) in [6.07, 6.45) is -0.0266. The number of phenolic OH excluding ortho intramolecular Hbond substituents is 1. The first kappa shape index (κ1) is 9.86. The number of hydrogen-bond acceptors (Lipinski definition) is 3. The molecule has 0 aromatic heterocycles. The quantitative estimate of drug-likeness (QED) is 0.741. The van der Waals surface area contributed by atoms with Gasteiger partial charge in [0.05, 0.1) is 13.2 Å². The van der Waals surface area contributed by atoms with E-state index >= 15 is 0 Å². The van der Waals surface area contributed by atoms with Gasteiger partial charge in [0, 0.05) is 12.0 Å². The van der Waals surface area contributed by atoms with E-state index in [2.05, 4.69) is 0 Å². The van der Waals surface area contributed by atoms with Crippen molar-refractivity contribution in [2.24, 2.45) is 0 Å². The lowest BCUT2D eigenvalue weighted by atomic mass is 10.1. The third-order valence-corrected chi connectivity index (χ3v) is 1.80. The van der Waals surface area contributed by atoms with Gasteiger partial charge in [-0.05, 0) is 25.1 Å². The molecule has 0 fully saturated rings. The minimum absolute atomic E-state index is 0.196. The molecule has 0 unspecified atom stereocenters. The number of phenols is 1. The van der Waals surface area contributed by atoms with E-state index in [0.29, 0.717) is 17.7 Å². The summed E-state index contributed by atoms with van der Waals surface area (Å²) < 4.78 is 5.00. The second-order valence-electron chi connectivity index (χ2n) is 3.05. The Bertz CT molecular complexity index is 281. The van der Waals surface area contributed by atoms with Crippen LogP contribution >= 0.6 is 0 Å². The minimum Gasteiger partial charge on any atom is -0.508 e. The van der Waals surface area contributed by atoms with Gasteiger partial charge in [0.2, 0.25) is 0 Å². The van der Waals surface area contributed by atoms with Crippen LogP contribution in [0.1, 0.15) is 12.5 Å². The molecule has 0 saturated carbocycles. The zero-order valence-electron chi connectivity index (χ0n) is 7.82. The molecule has 1 rings (SSSR count). The Morgan fingerprint density at radius 3 is 2.69 bits per heavy atom. The van der Waals surface area contributed by atoms with Crippen molar-refractivity contribution < 1.29 is 14.9 Å². The molecule has 2 N–H and O–H groups in total. The number of ether oxygens (including phenoxy) is 1. The van der Waals surface area contributed by atoms with E-state index in [0.717, 1.165) is 0 Å². The van der Waals surface area contributed by atoms with E-state index in [1.165, 1.54) is 0 Å². The first-order chi connectivity index (χ1) is 6.13. The van der Waals surface area contributed by atoms with Gasteiger partial charge < -0.3 is 14.9 Å². The highest BCUT2D eigenvalue weighted by Crippen LogP contribution is 2.23. The van der Waals surface area contributed by atoms with Crippen molar-refractivity contribution >= 4 is 0 Å². The fraction of sp³-hybridized carbons (Fsp3) is 0.400. The molecule has 1 aromatic carbocycles. The average Bonchev–Trinajstić information content (AvgIpc) is 2.08. The van der Waals surface area contributed by atoms with Crippen LogP contribution in [0.2, 0.25) is 0 Å². The lowest BCUT2D eigenvalue weighted by Crippen LogP contribution is -2.04. The topological polar surface area (TPSA) is 49.7 Å².